The van der Waals surface area contributed by atoms with Gasteiger partial charge in [0.2, 0.25) is 6.79 Å². The monoisotopic (exact) mass is 355 g/mol. The molecule has 0 fully saturated rings. The number of fused-ring (bicyclic) bond motifs is 1. The highest BCUT2D eigenvalue weighted by atomic mass is 16.7. The van der Waals surface area contributed by atoms with E-state index in [-0.39, 0.29) is 25.3 Å². The van der Waals surface area contributed by atoms with Gasteiger partial charge < -0.3 is 19.5 Å². The van der Waals surface area contributed by atoms with Crippen LogP contribution in [0.2, 0.25) is 0 Å². The van der Waals surface area contributed by atoms with E-state index in [1.54, 1.807) is 18.2 Å². The standard InChI is InChI=1S/C20H21NO5/c1-12-4-5-16(8-13(12)2)20(23)24-10-19(22)21-14(3)15-6-7-17-18(9-15)26-11-25-17/h4-9,14H,10-11H2,1-3H3,(H,21,22). The lowest BCUT2D eigenvalue weighted by molar-refractivity contribution is -0.124. The molecule has 3 rings (SSSR count). The molecule has 1 aliphatic heterocycles. The van der Waals surface area contributed by atoms with Crippen LogP contribution in [0.4, 0.5) is 0 Å². The minimum Gasteiger partial charge on any atom is -0.454 e. The zero-order valence-electron chi connectivity index (χ0n) is 15.0. The van der Waals surface area contributed by atoms with E-state index in [1.807, 2.05) is 39.0 Å². The topological polar surface area (TPSA) is 73.9 Å². The number of hydrogen-bond donors (Lipinski definition) is 1. The average molecular weight is 355 g/mol. The van der Waals surface area contributed by atoms with Gasteiger partial charge in [0.05, 0.1) is 11.6 Å². The molecule has 136 valence electrons. The van der Waals surface area contributed by atoms with Crippen molar-refractivity contribution in [2.45, 2.75) is 26.8 Å². The molecule has 6 nitrogen and oxygen atoms in total. The molecular formula is C20H21NO5. The highest BCUT2D eigenvalue weighted by molar-refractivity contribution is 5.91. The van der Waals surface area contributed by atoms with Gasteiger partial charge >= 0.3 is 5.97 Å². The van der Waals surface area contributed by atoms with Gasteiger partial charge in [-0.2, -0.15) is 0 Å². The smallest absolute Gasteiger partial charge is 0.338 e. The molecule has 0 radical (unpaired) electrons. The first-order valence-corrected chi connectivity index (χ1v) is 8.37. The maximum atomic E-state index is 12.1. The van der Waals surface area contributed by atoms with Crippen LogP contribution >= 0.6 is 0 Å². The minimum absolute atomic E-state index is 0.202. The summed E-state index contributed by atoms with van der Waals surface area (Å²) in [7, 11) is 0. The van der Waals surface area contributed by atoms with Gasteiger partial charge in [0.1, 0.15) is 0 Å². The Labute approximate surface area is 152 Å². The molecule has 26 heavy (non-hydrogen) atoms. The lowest BCUT2D eigenvalue weighted by Gasteiger charge is -2.15. The zero-order chi connectivity index (χ0) is 18.7. The van der Waals surface area contributed by atoms with Crippen molar-refractivity contribution < 1.29 is 23.8 Å². The molecule has 0 spiro atoms. The molecule has 2 aromatic carbocycles. The van der Waals surface area contributed by atoms with Gasteiger partial charge in [-0.15, -0.1) is 0 Å². The number of nitrogens with one attached hydrogen (secondary N) is 1. The van der Waals surface area contributed by atoms with E-state index in [0.29, 0.717) is 17.1 Å². The first-order valence-electron chi connectivity index (χ1n) is 8.37. The quantitative estimate of drug-likeness (QED) is 0.835. The van der Waals surface area contributed by atoms with Crippen molar-refractivity contribution in [1.29, 1.82) is 0 Å². The number of hydrogen-bond acceptors (Lipinski definition) is 5. The second-order valence-corrected chi connectivity index (χ2v) is 6.28. The molecule has 2 aromatic rings. The van der Waals surface area contributed by atoms with Crippen LogP contribution in [0.1, 0.15) is 40.0 Å². The number of carbonyl (C=O) groups excluding carboxylic acids is 2. The van der Waals surface area contributed by atoms with E-state index < -0.39 is 5.97 Å². The van der Waals surface area contributed by atoms with E-state index in [9.17, 15) is 9.59 Å². The third-order valence-corrected chi connectivity index (χ3v) is 4.35. The Kier molecular flexibility index (Phi) is 5.11. The van der Waals surface area contributed by atoms with E-state index in [0.717, 1.165) is 16.7 Å². The number of carbonyl (C=O) groups is 2. The Morgan fingerprint density at radius 1 is 1.08 bits per heavy atom. The number of esters is 1. The molecule has 6 heteroatoms. The van der Waals surface area contributed by atoms with E-state index in [4.69, 9.17) is 14.2 Å². The summed E-state index contributed by atoms with van der Waals surface area (Å²) in [5, 5.41) is 2.80. The number of aryl methyl sites for hydroxylation is 2. The maximum Gasteiger partial charge on any atom is 0.338 e. The highest BCUT2D eigenvalue weighted by Gasteiger charge is 2.17. The van der Waals surface area contributed by atoms with Crippen LogP contribution < -0.4 is 14.8 Å². The maximum absolute atomic E-state index is 12.1. The molecule has 1 heterocycles. The predicted octanol–water partition coefficient (Wildman–Crippen LogP) is 3.07. The Morgan fingerprint density at radius 2 is 1.85 bits per heavy atom. The summed E-state index contributed by atoms with van der Waals surface area (Å²) in [5.74, 6) is 0.464. The summed E-state index contributed by atoms with van der Waals surface area (Å²) in [5.41, 5.74) is 3.41. The summed E-state index contributed by atoms with van der Waals surface area (Å²) in [6.45, 7) is 5.61. The van der Waals surface area contributed by atoms with Crippen LogP contribution in [0.25, 0.3) is 0 Å². The van der Waals surface area contributed by atoms with Crippen LogP contribution in [0.15, 0.2) is 36.4 Å². The molecule has 0 aromatic heterocycles. The van der Waals surface area contributed by atoms with Crippen LogP contribution in [0.5, 0.6) is 11.5 Å². The zero-order valence-corrected chi connectivity index (χ0v) is 15.0. The molecule has 0 aliphatic carbocycles. The highest BCUT2D eigenvalue weighted by Crippen LogP contribution is 2.34. The van der Waals surface area contributed by atoms with Crippen LogP contribution in [0, 0.1) is 13.8 Å². The van der Waals surface area contributed by atoms with Gasteiger partial charge in [0.15, 0.2) is 18.1 Å². The van der Waals surface area contributed by atoms with Gasteiger partial charge in [-0.3, -0.25) is 4.79 Å². The van der Waals surface area contributed by atoms with Crippen molar-refractivity contribution in [2.75, 3.05) is 13.4 Å². The lowest BCUT2D eigenvalue weighted by Crippen LogP contribution is -2.31. The van der Waals surface area contributed by atoms with Gasteiger partial charge in [0.25, 0.3) is 5.91 Å². The first kappa shape index (κ1) is 17.8. The average Bonchev–Trinajstić information content (AvgIpc) is 3.09. The van der Waals surface area contributed by atoms with Crippen molar-refractivity contribution in [2.24, 2.45) is 0 Å². The molecule has 1 unspecified atom stereocenters. The number of benzene rings is 2. The summed E-state index contributed by atoms with van der Waals surface area (Å²) in [4.78, 5) is 24.1. The molecule has 0 bridgehead atoms. The Morgan fingerprint density at radius 3 is 2.62 bits per heavy atom. The van der Waals surface area contributed by atoms with Crippen molar-refractivity contribution >= 4 is 11.9 Å². The van der Waals surface area contributed by atoms with Crippen LogP contribution in [-0.4, -0.2) is 25.3 Å². The third kappa shape index (κ3) is 3.96. The summed E-state index contributed by atoms with van der Waals surface area (Å²) >= 11 is 0. The fourth-order valence-corrected chi connectivity index (χ4v) is 2.63. The third-order valence-electron chi connectivity index (χ3n) is 4.35. The Bertz CT molecular complexity index is 846. The number of rotatable bonds is 5. The number of ether oxygens (including phenoxy) is 3. The SMILES string of the molecule is Cc1ccc(C(=O)OCC(=O)NC(C)c2ccc3c(c2)OCO3)cc1C. The molecule has 1 amide bonds. The van der Waals surface area contributed by atoms with E-state index >= 15 is 0 Å². The molecule has 0 saturated carbocycles. The van der Waals surface area contributed by atoms with Crippen molar-refractivity contribution in [3.8, 4) is 11.5 Å². The van der Waals surface area contributed by atoms with E-state index in [1.165, 1.54) is 0 Å². The normalized spacial score (nSPS) is 13.2. The fraction of sp³-hybridized carbons (Fsp3) is 0.300. The lowest BCUT2D eigenvalue weighted by atomic mass is 10.1. The first-order chi connectivity index (χ1) is 12.4. The Hall–Kier alpha value is -3.02. The van der Waals surface area contributed by atoms with E-state index in [2.05, 4.69) is 5.32 Å². The van der Waals surface area contributed by atoms with Gasteiger partial charge in [-0.25, -0.2) is 4.79 Å². The summed E-state index contributed by atoms with van der Waals surface area (Å²) < 4.78 is 15.7. The second kappa shape index (κ2) is 7.47. The summed E-state index contributed by atoms with van der Waals surface area (Å²) in [6.07, 6.45) is 0. The van der Waals surface area contributed by atoms with Crippen LogP contribution in [0.3, 0.4) is 0 Å². The fourth-order valence-electron chi connectivity index (χ4n) is 2.63. The van der Waals surface area contributed by atoms with Gasteiger partial charge in [0, 0.05) is 0 Å². The van der Waals surface area contributed by atoms with Crippen molar-refractivity contribution in [3.63, 3.8) is 0 Å². The van der Waals surface area contributed by atoms with Gasteiger partial charge in [-0.05, 0) is 61.7 Å². The van der Waals surface area contributed by atoms with Crippen molar-refractivity contribution in [3.05, 3.63) is 58.7 Å². The molecule has 1 aliphatic rings. The molecule has 1 atom stereocenters. The second-order valence-electron chi connectivity index (χ2n) is 6.28. The van der Waals surface area contributed by atoms with Crippen LogP contribution in [-0.2, 0) is 9.53 Å². The number of amides is 1. The molecule has 1 N–H and O–H groups in total. The van der Waals surface area contributed by atoms with Crippen molar-refractivity contribution in [1.82, 2.24) is 5.32 Å². The summed E-state index contributed by atoms with van der Waals surface area (Å²) in [6, 6.07) is 10.5. The molecule has 0 saturated heterocycles. The Balaban J connectivity index is 1.53. The largest absolute Gasteiger partial charge is 0.454 e. The minimum atomic E-state index is -0.515. The van der Waals surface area contributed by atoms with Gasteiger partial charge in [-0.1, -0.05) is 12.1 Å². The molecular weight excluding hydrogens is 334 g/mol. The predicted molar refractivity (Wildman–Crippen MR) is 95.3 cm³/mol.